The quantitative estimate of drug-likeness (QED) is 0.847. The number of benzene rings is 1. The Labute approximate surface area is 129 Å². The van der Waals surface area contributed by atoms with Gasteiger partial charge in [0.05, 0.1) is 0 Å². The Hall–Kier alpha value is -1.75. The van der Waals surface area contributed by atoms with E-state index in [2.05, 4.69) is 19.2 Å². The number of carbonyl (C=O) groups excluding carboxylic acids is 1. The highest BCUT2D eigenvalue weighted by atomic mass is 35.5. The average molecular weight is 313 g/mol. The molecule has 0 radical (unpaired) electrons. The molecule has 1 aromatic rings. The molecule has 5 nitrogen and oxygen atoms in total. The van der Waals surface area contributed by atoms with E-state index in [1.807, 2.05) is 6.92 Å². The molecule has 1 aromatic carbocycles. The van der Waals surface area contributed by atoms with Gasteiger partial charge in [-0.1, -0.05) is 32.4 Å². The lowest BCUT2D eigenvalue weighted by molar-refractivity contribution is -0.135. The average Bonchev–Trinajstić information content (AvgIpc) is 2.42. The van der Waals surface area contributed by atoms with Crippen molar-refractivity contribution in [2.45, 2.75) is 20.8 Å². The zero-order valence-electron chi connectivity index (χ0n) is 12.5. The number of carboxylic acids is 1. The Morgan fingerprint density at radius 1 is 1.24 bits per heavy atom. The molecule has 0 bridgehead atoms. The van der Waals surface area contributed by atoms with Crippen LogP contribution in [-0.4, -0.2) is 30.2 Å². The Morgan fingerprint density at radius 2 is 1.81 bits per heavy atom. The summed E-state index contributed by atoms with van der Waals surface area (Å²) < 4.78 is 0. The molecule has 0 heterocycles. The Bertz CT molecular complexity index is 488. The maximum Gasteiger partial charge on any atom is 0.323 e. The summed E-state index contributed by atoms with van der Waals surface area (Å²) in [5.41, 5.74) is 0.497. The molecular weight excluding hydrogens is 292 g/mol. The van der Waals surface area contributed by atoms with Crippen molar-refractivity contribution in [2.24, 2.45) is 11.8 Å². The summed E-state index contributed by atoms with van der Waals surface area (Å²) in [5.74, 6) is -0.323. The zero-order valence-corrected chi connectivity index (χ0v) is 13.2. The normalized spacial score (nSPS) is 12.0. The van der Waals surface area contributed by atoms with Gasteiger partial charge in [-0.15, -0.1) is 0 Å². The van der Waals surface area contributed by atoms with Gasteiger partial charge in [0.25, 0.3) is 0 Å². The first kappa shape index (κ1) is 17.3. The molecule has 21 heavy (non-hydrogen) atoms. The maximum absolute atomic E-state index is 12.2. The van der Waals surface area contributed by atoms with Gasteiger partial charge < -0.3 is 10.4 Å². The van der Waals surface area contributed by atoms with E-state index in [9.17, 15) is 9.59 Å². The minimum Gasteiger partial charge on any atom is -0.480 e. The molecule has 0 saturated heterocycles. The van der Waals surface area contributed by atoms with Crippen LogP contribution in [0, 0.1) is 11.8 Å². The molecule has 2 N–H and O–H groups in total. The van der Waals surface area contributed by atoms with E-state index in [0.717, 1.165) is 0 Å². The molecule has 0 aromatic heterocycles. The number of amides is 2. The first-order valence-corrected chi connectivity index (χ1v) is 7.21. The van der Waals surface area contributed by atoms with Crippen LogP contribution in [0.2, 0.25) is 5.02 Å². The summed E-state index contributed by atoms with van der Waals surface area (Å²) in [7, 11) is 0. The predicted molar refractivity (Wildman–Crippen MR) is 83.8 cm³/mol. The fourth-order valence-electron chi connectivity index (χ4n) is 1.62. The molecule has 0 spiro atoms. The van der Waals surface area contributed by atoms with Crippen LogP contribution < -0.4 is 10.2 Å². The number of aliphatic carboxylic acids is 1. The molecule has 1 atom stereocenters. The highest BCUT2D eigenvalue weighted by molar-refractivity contribution is 6.30. The van der Waals surface area contributed by atoms with Gasteiger partial charge in [0.2, 0.25) is 0 Å². The molecule has 2 amide bonds. The van der Waals surface area contributed by atoms with Crippen molar-refractivity contribution in [1.29, 1.82) is 0 Å². The summed E-state index contributed by atoms with van der Waals surface area (Å²) in [6, 6.07) is 6.06. The molecule has 116 valence electrons. The predicted octanol–water partition coefficient (Wildman–Crippen LogP) is 3.23. The van der Waals surface area contributed by atoms with Crippen LogP contribution in [-0.2, 0) is 4.79 Å². The first-order valence-electron chi connectivity index (χ1n) is 6.84. The second-order valence-electron chi connectivity index (χ2n) is 5.36. The lowest BCUT2D eigenvalue weighted by Gasteiger charge is -2.23. The van der Waals surface area contributed by atoms with Crippen LogP contribution in [0.5, 0.6) is 0 Å². The zero-order chi connectivity index (χ0) is 16.0. The monoisotopic (exact) mass is 312 g/mol. The van der Waals surface area contributed by atoms with Crippen LogP contribution in [0.3, 0.4) is 0 Å². The van der Waals surface area contributed by atoms with E-state index in [4.69, 9.17) is 16.7 Å². The molecule has 6 heteroatoms. The molecule has 0 fully saturated rings. The summed E-state index contributed by atoms with van der Waals surface area (Å²) in [6.45, 7) is 6.29. The second kappa shape index (κ2) is 7.88. The van der Waals surface area contributed by atoms with Crippen molar-refractivity contribution in [2.75, 3.05) is 18.0 Å². The minimum atomic E-state index is -1.07. The van der Waals surface area contributed by atoms with Crippen LogP contribution in [0.15, 0.2) is 24.3 Å². The topological polar surface area (TPSA) is 69.6 Å². The number of carbonyl (C=O) groups is 2. The van der Waals surface area contributed by atoms with Gasteiger partial charge in [-0.3, -0.25) is 9.69 Å². The van der Waals surface area contributed by atoms with E-state index in [1.165, 1.54) is 4.90 Å². The fourth-order valence-corrected chi connectivity index (χ4v) is 1.74. The van der Waals surface area contributed by atoms with E-state index in [-0.39, 0.29) is 0 Å². The van der Waals surface area contributed by atoms with E-state index < -0.39 is 18.5 Å². The second-order valence-corrected chi connectivity index (χ2v) is 5.80. The SMILES string of the molecule is CC(C)C(C)CNC(=O)N(CC(=O)O)c1ccc(Cl)cc1. The van der Waals surface area contributed by atoms with Gasteiger partial charge in [0.1, 0.15) is 6.54 Å². The van der Waals surface area contributed by atoms with Crippen molar-refractivity contribution >= 4 is 29.3 Å². The van der Waals surface area contributed by atoms with Crippen molar-refractivity contribution in [1.82, 2.24) is 5.32 Å². The van der Waals surface area contributed by atoms with Gasteiger partial charge >= 0.3 is 12.0 Å². The molecule has 1 rings (SSSR count). The Morgan fingerprint density at radius 3 is 2.29 bits per heavy atom. The number of nitrogens with zero attached hydrogens (tertiary/aromatic N) is 1. The summed E-state index contributed by atoms with van der Waals surface area (Å²) in [6.07, 6.45) is 0. The van der Waals surface area contributed by atoms with Gasteiger partial charge in [0.15, 0.2) is 0 Å². The van der Waals surface area contributed by atoms with E-state index >= 15 is 0 Å². The van der Waals surface area contributed by atoms with E-state index in [0.29, 0.717) is 29.1 Å². The number of nitrogens with one attached hydrogen (secondary N) is 1. The number of anilines is 1. The van der Waals surface area contributed by atoms with Crippen LogP contribution in [0.25, 0.3) is 0 Å². The summed E-state index contributed by atoms with van der Waals surface area (Å²) >= 11 is 5.80. The van der Waals surface area contributed by atoms with Crippen LogP contribution in [0.1, 0.15) is 20.8 Å². The third-order valence-electron chi connectivity index (χ3n) is 3.39. The molecule has 0 aliphatic rings. The standard InChI is InChI=1S/C15H21ClN2O3/c1-10(2)11(3)8-17-15(21)18(9-14(19)20)13-6-4-12(16)5-7-13/h4-7,10-11H,8-9H2,1-3H3,(H,17,21)(H,19,20). The summed E-state index contributed by atoms with van der Waals surface area (Å²) in [4.78, 5) is 24.3. The number of urea groups is 1. The summed E-state index contributed by atoms with van der Waals surface area (Å²) in [5, 5.41) is 12.3. The smallest absolute Gasteiger partial charge is 0.323 e. The van der Waals surface area contributed by atoms with Gasteiger partial charge in [0, 0.05) is 17.3 Å². The van der Waals surface area contributed by atoms with E-state index in [1.54, 1.807) is 24.3 Å². The molecule has 0 aliphatic carbocycles. The molecular formula is C15H21ClN2O3. The van der Waals surface area contributed by atoms with Crippen LogP contribution >= 0.6 is 11.6 Å². The first-order chi connectivity index (χ1) is 9.81. The number of carboxylic acid groups (broad SMARTS) is 1. The van der Waals surface area contributed by atoms with Crippen molar-refractivity contribution < 1.29 is 14.7 Å². The number of halogens is 1. The Balaban J connectivity index is 2.79. The number of rotatable bonds is 6. The van der Waals surface area contributed by atoms with Gasteiger partial charge in [-0.05, 0) is 36.1 Å². The van der Waals surface area contributed by atoms with Gasteiger partial charge in [-0.25, -0.2) is 4.79 Å². The van der Waals surface area contributed by atoms with Crippen LogP contribution in [0.4, 0.5) is 10.5 Å². The highest BCUT2D eigenvalue weighted by Crippen LogP contribution is 2.18. The highest BCUT2D eigenvalue weighted by Gasteiger charge is 2.19. The third-order valence-corrected chi connectivity index (χ3v) is 3.64. The fraction of sp³-hybridized carbons (Fsp3) is 0.467. The Kier molecular flexibility index (Phi) is 6.49. The number of hydrogen-bond acceptors (Lipinski definition) is 2. The minimum absolute atomic E-state index is 0.311. The lowest BCUT2D eigenvalue weighted by Crippen LogP contribution is -2.44. The third kappa shape index (κ3) is 5.63. The largest absolute Gasteiger partial charge is 0.480 e. The van der Waals surface area contributed by atoms with Gasteiger partial charge in [-0.2, -0.15) is 0 Å². The molecule has 1 unspecified atom stereocenters. The van der Waals surface area contributed by atoms with Crippen molar-refractivity contribution in [3.8, 4) is 0 Å². The number of hydrogen-bond donors (Lipinski definition) is 2. The maximum atomic E-state index is 12.2. The lowest BCUT2D eigenvalue weighted by atomic mass is 9.98. The van der Waals surface area contributed by atoms with Crippen molar-refractivity contribution in [3.05, 3.63) is 29.3 Å². The van der Waals surface area contributed by atoms with Crippen molar-refractivity contribution in [3.63, 3.8) is 0 Å². The molecule has 0 aliphatic heterocycles. The molecule has 0 saturated carbocycles.